The van der Waals surface area contributed by atoms with E-state index in [0.29, 0.717) is 34.0 Å². The Morgan fingerprint density at radius 2 is 2.04 bits per heavy atom. The van der Waals surface area contributed by atoms with Gasteiger partial charge in [0.1, 0.15) is 24.3 Å². The number of hydrogen-bond acceptors (Lipinski definition) is 6. The first kappa shape index (κ1) is 16.4. The summed E-state index contributed by atoms with van der Waals surface area (Å²) in [6.45, 7) is 2.09. The van der Waals surface area contributed by atoms with Gasteiger partial charge in [0, 0.05) is 6.07 Å². The number of para-hydroxylation sites is 1. The molecule has 7 heteroatoms. The van der Waals surface area contributed by atoms with E-state index in [1.54, 1.807) is 43.3 Å². The highest BCUT2D eigenvalue weighted by Gasteiger charge is 2.16. The summed E-state index contributed by atoms with van der Waals surface area (Å²) in [7, 11) is 0. The third-order valence-electron chi connectivity index (χ3n) is 4.23. The van der Waals surface area contributed by atoms with Crippen LogP contribution in [0, 0.1) is 6.92 Å². The maximum absolute atomic E-state index is 12.6. The largest absolute Gasteiger partial charge is 0.491 e. The lowest BCUT2D eigenvalue weighted by atomic mass is 10.2. The van der Waals surface area contributed by atoms with Crippen LogP contribution in [0.5, 0.6) is 17.2 Å². The van der Waals surface area contributed by atoms with Crippen molar-refractivity contribution in [3.05, 3.63) is 58.6 Å². The first-order valence-electron chi connectivity index (χ1n) is 8.28. The van der Waals surface area contributed by atoms with Crippen LogP contribution < -0.4 is 19.8 Å². The number of aliphatic hydroxyl groups is 1. The van der Waals surface area contributed by atoms with E-state index in [1.165, 1.54) is 4.57 Å². The fourth-order valence-corrected chi connectivity index (χ4v) is 2.92. The van der Waals surface area contributed by atoms with Gasteiger partial charge in [0.2, 0.25) is 6.79 Å². The molecule has 134 valence electrons. The van der Waals surface area contributed by atoms with Crippen LogP contribution >= 0.6 is 0 Å². The average molecular weight is 354 g/mol. The van der Waals surface area contributed by atoms with E-state index in [0.717, 1.165) is 0 Å². The topological polar surface area (TPSA) is 82.8 Å². The lowest BCUT2D eigenvalue weighted by Gasteiger charge is -2.16. The van der Waals surface area contributed by atoms with Crippen molar-refractivity contribution in [1.82, 2.24) is 9.55 Å². The number of nitrogens with zero attached hydrogens (tertiary/aromatic N) is 2. The van der Waals surface area contributed by atoms with Crippen molar-refractivity contribution in [1.29, 1.82) is 0 Å². The normalized spacial score (nSPS) is 13.8. The van der Waals surface area contributed by atoms with Crippen LogP contribution in [0.2, 0.25) is 0 Å². The molecule has 4 rings (SSSR count). The minimum Gasteiger partial charge on any atom is -0.491 e. The van der Waals surface area contributed by atoms with Crippen LogP contribution in [0.1, 0.15) is 5.82 Å². The SMILES string of the molecule is Cc1nc2ccccc2c(=O)n1CC(O)COc1ccc2c(c1)OCO2. The number of ether oxygens (including phenoxy) is 3. The standard InChI is InChI=1S/C19H18N2O5/c1-12-20-16-5-3-2-4-15(16)19(23)21(12)9-13(22)10-24-14-6-7-17-18(8-14)26-11-25-17/h2-8,13,22H,9-11H2,1H3. The van der Waals surface area contributed by atoms with Gasteiger partial charge in [-0.1, -0.05) is 12.1 Å². The second-order valence-electron chi connectivity index (χ2n) is 6.07. The van der Waals surface area contributed by atoms with Crippen LogP contribution in [0.3, 0.4) is 0 Å². The van der Waals surface area contributed by atoms with Gasteiger partial charge in [-0.2, -0.15) is 0 Å². The Kier molecular flexibility index (Phi) is 4.22. The molecule has 1 aliphatic rings. The summed E-state index contributed by atoms with van der Waals surface area (Å²) in [6, 6.07) is 12.4. The number of hydrogen-bond donors (Lipinski definition) is 1. The van der Waals surface area contributed by atoms with Crippen molar-refractivity contribution in [2.75, 3.05) is 13.4 Å². The first-order chi connectivity index (χ1) is 12.6. The van der Waals surface area contributed by atoms with E-state index < -0.39 is 6.10 Å². The summed E-state index contributed by atoms with van der Waals surface area (Å²) in [5.74, 6) is 2.40. The Labute approximate surface area is 149 Å². The van der Waals surface area contributed by atoms with Gasteiger partial charge in [-0.25, -0.2) is 4.98 Å². The second kappa shape index (κ2) is 6.68. The lowest BCUT2D eigenvalue weighted by molar-refractivity contribution is 0.0907. The minimum atomic E-state index is -0.861. The van der Waals surface area contributed by atoms with E-state index in [2.05, 4.69) is 4.98 Å². The smallest absolute Gasteiger partial charge is 0.261 e. The summed E-state index contributed by atoms with van der Waals surface area (Å²) in [5, 5.41) is 10.8. The number of fused-ring (bicyclic) bond motifs is 2. The highest BCUT2D eigenvalue weighted by atomic mass is 16.7. The number of aryl methyl sites for hydroxylation is 1. The van der Waals surface area contributed by atoms with E-state index in [4.69, 9.17) is 14.2 Å². The zero-order valence-electron chi connectivity index (χ0n) is 14.2. The molecule has 0 radical (unpaired) electrons. The Morgan fingerprint density at radius 1 is 1.23 bits per heavy atom. The molecule has 0 amide bonds. The van der Waals surface area contributed by atoms with Gasteiger partial charge >= 0.3 is 0 Å². The van der Waals surface area contributed by atoms with E-state index in [1.807, 2.05) is 6.07 Å². The third-order valence-corrected chi connectivity index (χ3v) is 4.23. The van der Waals surface area contributed by atoms with Crippen molar-refractivity contribution >= 4 is 10.9 Å². The predicted molar refractivity (Wildman–Crippen MR) is 94.8 cm³/mol. The molecule has 26 heavy (non-hydrogen) atoms. The monoisotopic (exact) mass is 354 g/mol. The highest BCUT2D eigenvalue weighted by molar-refractivity contribution is 5.77. The Balaban J connectivity index is 1.47. The van der Waals surface area contributed by atoms with Crippen molar-refractivity contribution in [2.24, 2.45) is 0 Å². The molecule has 0 saturated carbocycles. The maximum atomic E-state index is 12.6. The number of rotatable bonds is 5. The molecular formula is C19H18N2O5. The van der Waals surface area contributed by atoms with E-state index in [9.17, 15) is 9.90 Å². The van der Waals surface area contributed by atoms with Crippen molar-refractivity contribution in [3.8, 4) is 17.2 Å². The molecule has 1 atom stereocenters. The Morgan fingerprint density at radius 3 is 2.92 bits per heavy atom. The fraction of sp³-hybridized carbons (Fsp3) is 0.263. The van der Waals surface area contributed by atoms with Crippen LogP contribution in [-0.4, -0.2) is 34.2 Å². The maximum Gasteiger partial charge on any atom is 0.261 e. The van der Waals surface area contributed by atoms with Gasteiger partial charge in [-0.05, 0) is 31.2 Å². The van der Waals surface area contributed by atoms with Gasteiger partial charge < -0.3 is 19.3 Å². The molecule has 1 aliphatic heterocycles. The van der Waals surface area contributed by atoms with Crippen LogP contribution in [0.4, 0.5) is 0 Å². The quantitative estimate of drug-likeness (QED) is 0.753. The molecule has 0 aliphatic carbocycles. The summed E-state index contributed by atoms with van der Waals surface area (Å²) in [6.07, 6.45) is -0.861. The number of aliphatic hydroxyl groups excluding tert-OH is 1. The summed E-state index contributed by atoms with van der Waals surface area (Å²) in [5.41, 5.74) is 0.479. The molecule has 0 saturated heterocycles. The predicted octanol–water partition coefficient (Wildman–Crippen LogP) is 1.87. The first-order valence-corrected chi connectivity index (χ1v) is 8.28. The van der Waals surface area contributed by atoms with E-state index >= 15 is 0 Å². The zero-order chi connectivity index (χ0) is 18.1. The molecule has 0 fully saturated rings. The fourth-order valence-electron chi connectivity index (χ4n) is 2.92. The Bertz CT molecular complexity index is 1010. The molecule has 2 heterocycles. The molecular weight excluding hydrogens is 336 g/mol. The molecule has 1 N–H and O–H groups in total. The molecule has 0 spiro atoms. The van der Waals surface area contributed by atoms with Gasteiger partial charge in [0.25, 0.3) is 5.56 Å². The van der Waals surface area contributed by atoms with Gasteiger partial charge in [-0.15, -0.1) is 0 Å². The van der Waals surface area contributed by atoms with Crippen LogP contribution in [0.15, 0.2) is 47.3 Å². The second-order valence-corrected chi connectivity index (χ2v) is 6.07. The molecule has 2 aromatic carbocycles. The van der Waals surface area contributed by atoms with Gasteiger partial charge in [0.15, 0.2) is 11.5 Å². The lowest BCUT2D eigenvalue weighted by Crippen LogP contribution is -2.32. The van der Waals surface area contributed by atoms with Crippen molar-refractivity contribution in [2.45, 2.75) is 19.6 Å². The van der Waals surface area contributed by atoms with Crippen LogP contribution in [0.25, 0.3) is 10.9 Å². The average Bonchev–Trinajstić information content (AvgIpc) is 3.11. The zero-order valence-corrected chi connectivity index (χ0v) is 14.2. The van der Waals surface area contributed by atoms with Gasteiger partial charge in [-0.3, -0.25) is 9.36 Å². The number of benzene rings is 2. The molecule has 3 aromatic rings. The van der Waals surface area contributed by atoms with Gasteiger partial charge in [0.05, 0.1) is 17.4 Å². The minimum absolute atomic E-state index is 0.0400. The summed E-state index contributed by atoms with van der Waals surface area (Å²) >= 11 is 0. The number of aromatic nitrogens is 2. The molecule has 1 unspecified atom stereocenters. The molecule has 1 aromatic heterocycles. The molecule has 0 bridgehead atoms. The summed E-state index contributed by atoms with van der Waals surface area (Å²) in [4.78, 5) is 17.1. The van der Waals surface area contributed by atoms with Crippen molar-refractivity contribution < 1.29 is 19.3 Å². The summed E-state index contributed by atoms with van der Waals surface area (Å²) < 4.78 is 17.6. The van der Waals surface area contributed by atoms with Crippen molar-refractivity contribution in [3.63, 3.8) is 0 Å². The van der Waals surface area contributed by atoms with E-state index in [-0.39, 0.29) is 25.5 Å². The van der Waals surface area contributed by atoms with Crippen LogP contribution in [-0.2, 0) is 6.54 Å². The third kappa shape index (κ3) is 3.09. The Hall–Kier alpha value is -3.06. The molecule has 7 nitrogen and oxygen atoms in total. The highest BCUT2D eigenvalue weighted by Crippen LogP contribution is 2.35.